The average molecular weight is 415 g/mol. The van der Waals surface area contributed by atoms with Gasteiger partial charge >= 0.3 is 0 Å². The summed E-state index contributed by atoms with van der Waals surface area (Å²) in [5.74, 6) is 2.08. The number of hydrogen-bond acceptors (Lipinski definition) is 4. The van der Waals surface area contributed by atoms with Crippen molar-refractivity contribution in [1.82, 2.24) is 10.2 Å². The molecule has 2 rings (SSSR count). The number of nitrogens with zero attached hydrogens (tertiary/aromatic N) is 2. The van der Waals surface area contributed by atoms with Gasteiger partial charge in [0, 0.05) is 39.0 Å². The number of rotatable bonds is 4. The summed E-state index contributed by atoms with van der Waals surface area (Å²) in [5, 5.41) is 3.41. The van der Waals surface area contributed by atoms with E-state index in [9.17, 15) is 0 Å². The summed E-state index contributed by atoms with van der Waals surface area (Å²) >= 11 is 1.84. The highest BCUT2D eigenvalue weighted by Crippen LogP contribution is 2.20. The van der Waals surface area contributed by atoms with Crippen LogP contribution in [-0.2, 0) is 9.47 Å². The second kappa shape index (κ2) is 10.1. The van der Waals surface area contributed by atoms with E-state index < -0.39 is 0 Å². The van der Waals surface area contributed by atoms with E-state index in [4.69, 9.17) is 9.47 Å². The topological polar surface area (TPSA) is 46.1 Å². The predicted octanol–water partition coefficient (Wildman–Crippen LogP) is 1.42. The van der Waals surface area contributed by atoms with Crippen LogP contribution in [0.4, 0.5) is 0 Å². The number of nitrogens with one attached hydrogen (secondary N) is 1. The van der Waals surface area contributed by atoms with Crippen molar-refractivity contribution < 1.29 is 9.47 Å². The average Bonchev–Trinajstić information content (AvgIpc) is 2.98. The Balaban J connectivity index is 0.00000200. The van der Waals surface area contributed by atoms with Crippen LogP contribution in [0.15, 0.2) is 4.99 Å². The Morgan fingerprint density at radius 1 is 1.35 bits per heavy atom. The van der Waals surface area contributed by atoms with Gasteiger partial charge in [-0.3, -0.25) is 4.99 Å². The molecule has 2 atom stereocenters. The standard InChI is InChI=1S/C13H25N3O2S.HI/c1-14-13(15-5-9-19-2)16-6-8-18-12(10-16)11-4-3-7-17-11;/h11-12H,3-10H2,1-2H3,(H,14,15);1H. The monoisotopic (exact) mass is 415 g/mol. The van der Waals surface area contributed by atoms with Gasteiger partial charge in [-0.2, -0.15) is 11.8 Å². The molecule has 0 aromatic carbocycles. The van der Waals surface area contributed by atoms with Crippen molar-refractivity contribution in [2.24, 2.45) is 4.99 Å². The van der Waals surface area contributed by atoms with E-state index in [-0.39, 0.29) is 36.2 Å². The first-order chi connectivity index (χ1) is 9.35. The molecule has 0 radical (unpaired) electrons. The maximum Gasteiger partial charge on any atom is 0.193 e. The molecule has 2 saturated heterocycles. The van der Waals surface area contributed by atoms with E-state index in [2.05, 4.69) is 21.5 Å². The van der Waals surface area contributed by atoms with Gasteiger partial charge in [-0.05, 0) is 19.1 Å². The summed E-state index contributed by atoms with van der Waals surface area (Å²) in [6, 6.07) is 0. The molecule has 118 valence electrons. The lowest BCUT2D eigenvalue weighted by atomic mass is 10.1. The first kappa shape index (κ1) is 18.3. The van der Waals surface area contributed by atoms with Crippen LogP contribution in [0.25, 0.3) is 0 Å². The molecule has 0 aliphatic carbocycles. The third-order valence-electron chi connectivity index (χ3n) is 3.57. The zero-order chi connectivity index (χ0) is 13.5. The lowest BCUT2D eigenvalue weighted by Gasteiger charge is -2.37. The quantitative estimate of drug-likeness (QED) is 0.326. The van der Waals surface area contributed by atoms with E-state index >= 15 is 0 Å². The Morgan fingerprint density at radius 3 is 2.80 bits per heavy atom. The summed E-state index contributed by atoms with van der Waals surface area (Å²) in [6.07, 6.45) is 4.86. The van der Waals surface area contributed by atoms with Crippen LogP contribution >= 0.6 is 35.7 Å². The molecular weight excluding hydrogens is 389 g/mol. The van der Waals surface area contributed by atoms with Crippen LogP contribution < -0.4 is 5.32 Å². The van der Waals surface area contributed by atoms with Crippen molar-refractivity contribution in [1.29, 1.82) is 0 Å². The summed E-state index contributed by atoms with van der Waals surface area (Å²) in [7, 11) is 1.85. The molecule has 0 bridgehead atoms. The molecule has 2 unspecified atom stereocenters. The Kier molecular flexibility index (Phi) is 9.23. The maximum atomic E-state index is 5.86. The SMILES string of the molecule is CN=C(NCCSC)N1CCOC(C2CCCO2)C1.I. The van der Waals surface area contributed by atoms with Crippen LogP contribution in [0, 0.1) is 0 Å². The largest absolute Gasteiger partial charge is 0.375 e. The van der Waals surface area contributed by atoms with Gasteiger partial charge in [0.15, 0.2) is 5.96 Å². The van der Waals surface area contributed by atoms with Gasteiger partial charge in [-0.25, -0.2) is 0 Å². The number of hydrogen-bond donors (Lipinski definition) is 1. The van der Waals surface area contributed by atoms with Crippen molar-refractivity contribution in [3.8, 4) is 0 Å². The number of morpholine rings is 1. The molecule has 5 nitrogen and oxygen atoms in total. The van der Waals surface area contributed by atoms with Crippen molar-refractivity contribution in [2.75, 3.05) is 51.9 Å². The van der Waals surface area contributed by atoms with Crippen LogP contribution in [0.2, 0.25) is 0 Å². The second-order valence-electron chi connectivity index (χ2n) is 4.87. The number of ether oxygens (including phenoxy) is 2. The van der Waals surface area contributed by atoms with Crippen LogP contribution in [-0.4, -0.2) is 75.0 Å². The number of thioether (sulfide) groups is 1. The van der Waals surface area contributed by atoms with E-state index in [0.717, 1.165) is 57.4 Å². The molecule has 20 heavy (non-hydrogen) atoms. The lowest BCUT2D eigenvalue weighted by molar-refractivity contribution is -0.0816. The summed E-state index contributed by atoms with van der Waals surface area (Å²) in [4.78, 5) is 6.66. The maximum absolute atomic E-state index is 5.86. The molecule has 0 amide bonds. The van der Waals surface area contributed by atoms with Crippen molar-refractivity contribution >= 4 is 41.7 Å². The third kappa shape index (κ3) is 5.23. The van der Waals surface area contributed by atoms with Gasteiger partial charge in [0.05, 0.1) is 12.7 Å². The second-order valence-corrected chi connectivity index (χ2v) is 5.86. The summed E-state index contributed by atoms with van der Waals surface area (Å²) in [5.41, 5.74) is 0. The molecule has 2 aliphatic heterocycles. The van der Waals surface area contributed by atoms with E-state index in [1.807, 2.05) is 18.8 Å². The smallest absolute Gasteiger partial charge is 0.193 e. The minimum Gasteiger partial charge on any atom is -0.375 e. The Hall–Kier alpha value is 0.270. The third-order valence-corrected chi connectivity index (χ3v) is 4.19. The van der Waals surface area contributed by atoms with Crippen molar-refractivity contribution in [2.45, 2.75) is 25.0 Å². The molecule has 2 fully saturated rings. The molecule has 0 aromatic rings. The molecule has 0 spiro atoms. The van der Waals surface area contributed by atoms with Crippen LogP contribution in [0.1, 0.15) is 12.8 Å². The van der Waals surface area contributed by atoms with Crippen molar-refractivity contribution in [3.05, 3.63) is 0 Å². The lowest BCUT2D eigenvalue weighted by Crippen LogP contribution is -2.53. The minimum atomic E-state index is 0. The highest BCUT2D eigenvalue weighted by atomic mass is 127. The molecule has 2 aliphatic rings. The Bertz CT molecular complexity index is 301. The van der Waals surface area contributed by atoms with E-state index in [1.54, 1.807) is 0 Å². The number of guanidine groups is 1. The van der Waals surface area contributed by atoms with Crippen LogP contribution in [0.5, 0.6) is 0 Å². The van der Waals surface area contributed by atoms with Gasteiger partial charge in [0.2, 0.25) is 0 Å². The first-order valence-electron chi connectivity index (χ1n) is 7.03. The minimum absolute atomic E-state index is 0. The highest BCUT2D eigenvalue weighted by Gasteiger charge is 2.32. The predicted molar refractivity (Wildman–Crippen MR) is 95.4 cm³/mol. The molecular formula is C13H26IN3O2S. The number of halogens is 1. The molecule has 2 heterocycles. The molecule has 0 aromatic heterocycles. The normalized spacial score (nSPS) is 27.3. The van der Waals surface area contributed by atoms with Gasteiger partial charge in [0.1, 0.15) is 6.10 Å². The van der Waals surface area contributed by atoms with E-state index in [0.29, 0.717) is 0 Å². The fourth-order valence-electron chi connectivity index (χ4n) is 2.59. The zero-order valence-electron chi connectivity index (χ0n) is 12.3. The van der Waals surface area contributed by atoms with Crippen LogP contribution in [0.3, 0.4) is 0 Å². The van der Waals surface area contributed by atoms with Crippen molar-refractivity contribution in [3.63, 3.8) is 0 Å². The van der Waals surface area contributed by atoms with Gasteiger partial charge in [-0.1, -0.05) is 0 Å². The molecule has 7 heteroatoms. The molecule has 1 N–H and O–H groups in total. The Morgan fingerprint density at radius 2 is 2.15 bits per heavy atom. The number of aliphatic imine (C=N–C) groups is 1. The van der Waals surface area contributed by atoms with Gasteiger partial charge < -0.3 is 19.7 Å². The zero-order valence-corrected chi connectivity index (χ0v) is 15.5. The van der Waals surface area contributed by atoms with Gasteiger partial charge in [0.25, 0.3) is 0 Å². The summed E-state index contributed by atoms with van der Waals surface area (Å²) in [6.45, 7) is 4.38. The Labute approximate surface area is 143 Å². The summed E-state index contributed by atoms with van der Waals surface area (Å²) < 4.78 is 11.6. The fourth-order valence-corrected chi connectivity index (χ4v) is 2.89. The first-order valence-corrected chi connectivity index (χ1v) is 8.42. The molecule has 0 saturated carbocycles. The van der Waals surface area contributed by atoms with Gasteiger partial charge in [-0.15, -0.1) is 24.0 Å². The highest BCUT2D eigenvalue weighted by molar-refractivity contribution is 14.0. The van der Waals surface area contributed by atoms with E-state index in [1.165, 1.54) is 0 Å². The fraction of sp³-hybridized carbons (Fsp3) is 0.923.